The first-order valence-electron chi connectivity index (χ1n) is 7.18. The molecule has 10 nitrogen and oxygen atoms in total. The van der Waals surface area contributed by atoms with E-state index in [0.717, 1.165) is 10.4 Å². The Morgan fingerprint density at radius 1 is 1.21 bits per heavy atom. The maximum atomic E-state index is 12.0. The third-order valence-electron chi connectivity index (χ3n) is 3.34. The summed E-state index contributed by atoms with van der Waals surface area (Å²) in [6.45, 7) is 2.32. The number of carbonyl (C=O) groups is 3. The lowest BCUT2D eigenvalue weighted by molar-refractivity contribution is -0.121. The van der Waals surface area contributed by atoms with Gasteiger partial charge < -0.3 is 15.7 Å². The highest BCUT2D eigenvalue weighted by Gasteiger charge is 2.21. The van der Waals surface area contributed by atoms with Gasteiger partial charge in [-0.25, -0.2) is 4.79 Å². The van der Waals surface area contributed by atoms with Crippen molar-refractivity contribution >= 4 is 17.8 Å². The van der Waals surface area contributed by atoms with Crippen LogP contribution >= 0.6 is 0 Å². The van der Waals surface area contributed by atoms with Crippen LogP contribution in [0.15, 0.2) is 18.5 Å². The van der Waals surface area contributed by atoms with E-state index in [2.05, 4.69) is 20.8 Å². The number of nitrogens with zero attached hydrogens (tertiary/aromatic N) is 4. The summed E-state index contributed by atoms with van der Waals surface area (Å²) in [6.07, 6.45) is 2.80. The summed E-state index contributed by atoms with van der Waals surface area (Å²) in [5.41, 5.74) is 0.658. The van der Waals surface area contributed by atoms with Crippen LogP contribution in [0.5, 0.6) is 0 Å². The molecule has 3 N–H and O–H groups in total. The van der Waals surface area contributed by atoms with Gasteiger partial charge in [-0.2, -0.15) is 10.2 Å². The largest absolute Gasteiger partial charge is 0.477 e. The van der Waals surface area contributed by atoms with Gasteiger partial charge in [0.2, 0.25) is 5.91 Å². The van der Waals surface area contributed by atoms with Gasteiger partial charge in [-0.15, -0.1) is 0 Å². The molecule has 0 aliphatic rings. The molecule has 128 valence electrons. The van der Waals surface area contributed by atoms with Gasteiger partial charge in [0.25, 0.3) is 5.91 Å². The molecule has 0 saturated carbocycles. The average molecular weight is 334 g/mol. The molecule has 2 aromatic rings. The molecular weight excluding hydrogens is 316 g/mol. The number of carbonyl (C=O) groups excluding carboxylic acids is 2. The SMILES string of the molecule is Cc1ccnn1CC(=O)NCCNC(=O)c1cnn(C)c1C(=O)O. The van der Waals surface area contributed by atoms with Gasteiger partial charge in [-0.3, -0.25) is 19.0 Å². The predicted octanol–water partition coefficient (Wildman–Crippen LogP) is -0.831. The molecule has 0 radical (unpaired) electrons. The Labute approximate surface area is 137 Å². The van der Waals surface area contributed by atoms with Crippen LogP contribution in [0.2, 0.25) is 0 Å². The molecule has 10 heteroatoms. The summed E-state index contributed by atoms with van der Waals surface area (Å²) < 4.78 is 2.67. The van der Waals surface area contributed by atoms with Crippen LogP contribution in [0.3, 0.4) is 0 Å². The molecule has 0 atom stereocenters. The van der Waals surface area contributed by atoms with Crippen molar-refractivity contribution in [1.29, 1.82) is 0 Å². The van der Waals surface area contributed by atoms with Gasteiger partial charge in [0, 0.05) is 32.0 Å². The fourth-order valence-electron chi connectivity index (χ4n) is 2.09. The van der Waals surface area contributed by atoms with Crippen LogP contribution in [0.25, 0.3) is 0 Å². The summed E-state index contributed by atoms with van der Waals surface area (Å²) in [6, 6.07) is 1.79. The van der Waals surface area contributed by atoms with E-state index in [-0.39, 0.29) is 36.8 Å². The number of amides is 2. The van der Waals surface area contributed by atoms with Crippen molar-refractivity contribution < 1.29 is 19.5 Å². The van der Waals surface area contributed by atoms with Crippen LogP contribution in [0.4, 0.5) is 0 Å². The minimum absolute atomic E-state index is 0.0245. The number of hydrogen-bond acceptors (Lipinski definition) is 5. The number of hydrogen-bond donors (Lipinski definition) is 3. The van der Waals surface area contributed by atoms with E-state index in [1.54, 1.807) is 16.9 Å². The van der Waals surface area contributed by atoms with Crippen LogP contribution in [0.1, 0.15) is 26.5 Å². The van der Waals surface area contributed by atoms with E-state index in [1.807, 2.05) is 6.92 Å². The van der Waals surface area contributed by atoms with Crippen molar-refractivity contribution in [2.45, 2.75) is 13.5 Å². The molecule has 0 bridgehead atoms. The van der Waals surface area contributed by atoms with E-state index in [0.29, 0.717) is 0 Å². The molecule has 0 unspecified atom stereocenters. The van der Waals surface area contributed by atoms with Crippen molar-refractivity contribution in [3.8, 4) is 0 Å². The van der Waals surface area contributed by atoms with Gasteiger partial charge >= 0.3 is 5.97 Å². The lowest BCUT2D eigenvalue weighted by Gasteiger charge is -2.08. The van der Waals surface area contributed by atoms with Crippen molar-refractivity contribution in [1.82, 2.24) is 30.2 Å². The van der Waals surface area contributed by atoms with E-state index in [4.69, 9.17) is 5.11 Å². The summed E-state index contributed by atoms with van der Waals surface area (Å²) in [4.78, 5) is 34.8. The molecule has 0 fully saturated rings. The Morgan fingerprint density at radius 2 is 1.92 bits per heavy atom. The zero-order valence-corrected chi connectivity index (χ0v) is 13.3. The van der Waals surface area contributed by atoms with E-state index >= 15 is 0 Å². The molecule has 0 aliphatic heterocycles. The highest BCUT2D eigenvalue weighted by molar-refractivity contribution is 6.03. The van der Waals surface area contributed by atoms with Gasteiger partial charge in [0.1, 0.15) is 6.54 Å². The second-order valence-electron chi connectivity index (χ2n) is 5.07. The Morgan fingerprint density at radius 3 is 2.54 bits per heavy atom. The van der Waals surface area contributed by atoms with Gasteiger partial charge in [0.05, 0.1) is 11.8 Å². The highest BCUT2D eigenvalue weighted by Crippen LogP contribution is 2.07. The van der Waals surface area contributed by atoms with Crippen LogP contribution in [-0.4, -0.2) is 55.5 Å². The lowest BCUT2D eigenvalue weighted by atomic mass is 10.2. The number of rotatable bonds is 7. The second-order valence-corrected chi connectivity index (χ2v) is 5.07. The smallest absolute Gasteiger partial charge is 0.354 e. The van der Waals surface area contributed by atoms with Crippen molar-refractivity contribution in [3.05, 3.63) is 35.4 Å². The number of aromatic carboxylic acids is 1. The molecular formula is C14H18N6O4. The quantitative estimate of drug-likeness (QED) is 0.566. The molecule has 0 spiro atoms. The number of nitrogens with one attached hydrogen (secondary N) is 2. The number of aromatic nitrogens is 4. The average Bonchev–Trinajstić information content (AvgIpc) is 3.10. The summed E-state index contributed by atoms with van der Waals surface area (Å²) in [7, 11) is 1.44. The maximum absolute atomic E-state index is 12.0. The topological polar surface area (TPSA) is 131 Å². The molecule has 2 amide bonds. The summed E-state index contributed by atoms with van der Waals surface area (Å²) in [5, 5.41) is 22.0. The minimum atomic E-state index is -1.23. The third-order valence-corrected chi connectivity index (χ3v) is 3.34. The Bertz CT molecular complexity index is 763. The number of carboxylic acids is 1. The van der Waals surface area contributed by atoms with E-state index < -0.39 is 11.9 Å². The normalized spacial score (nSPS) is 10.4. The molecule has 0 saturated heterocycles. The maximum Gasteiger partial charge on any atom is 0.354 e. The zero-order valence-electron chi connectivity index (χ0n) is 13.3. The first-order valence-corrected chi connectivity index (χ1v) is 7.18. The highest BCUT2D eigenvalue weighted by atomic mass is 16.4. The van der Waals surface area contributed by atoms with Crippen LogP contribution in [-0.2, 0) is 18.4 Å². The molecule has 24 heavy (non-hydrogen) atoms. The molecule has 0 aromatic carbocycles. The fourth-order valence-corrected chi connectivity index (χ4v) is 2.09. The third kappa shape index (κ3) is 3.97. The van der Waals surface area contributed by atoms with Gasteiger partial charge in [-0.1, -0.05) is 0 Å². The van der Waals surface area contributed by atoms with Crippen molar-refractivity contribution in [2.24, 2.45) is 7.05 Å². The summed E-state index contributed by atoms with van der Waals surface area (Å²) >= 11 is 0. The molecule has 2 heterocycles. The lowest BCUT2D eigenvalue weighted by Crippen LogP contribution is -2.36. The Balaban J connectivity index is 1.78. The number of carboxylic acid groups (broad SMARTS) is 1. The van der Waals surface area contributed by atoms with Crippen molar-refractivity contribution in [2.75, 3.05) is 13.1 Å². The Hall–Kier alpha value is -3.17. The van der Waals surface area contributed by atoms with Gasteiger partial charge in [0.15, 0.2) is 5.69 Å². The van der Waals surface area contributed by atoms with Gasteiger partial charge in [-0.05, 0) is 13.0 Å². The number of aryl methyl sites for hydroxylation is 2. The first kappa shape index (κ1) is 17.2. The minimum Gasteiger partial charge on any atom is -0.477 e. The first-order chi connectivity index (χ1) is 11.4. The summed E-state index contributed by atoms with van der Waals surface area (Å²) in [5.74, 6) is -2.02. The standard InChI is InChI=1S/C14H18N6O4/c1-9-3-4-17-20(9)8-11(21)15-5-6-16-13(22)10-7-18-19(2)12(10)14(23)24/h3-4,7H,5-6,8H2,1-2H3,(H,15,21)(H,16,22)(H,23,24). The van der Waals surface area contributed by atoms with Crippen molar-refractivity contribution in [3.63, 3.8) is 0 Å². The second kappa shape index (κ2) is 7.40. The van der Waals surface area contributed by atoms with Crippen LogP contribution < -0.4 is 10.6 Å². The monoisotopic (exact) mass is 334 g/mol. The predicted molar refractivity (Wildman–Crippen MR) is 82.5 cm³/mol. The van der Waals surface area contributed by atoms with Crippen LogP contribution in [0, 0.1) is 6.92 Å². The molecule has 2 aromatic heterocycles. The van der Waals surface area contributed by atoms with E-state index in [1.165, 1.54) is 13.2 Å². The van der Waals surface area contributed by atoms with E-state index in [9.17, 15) is 14.4 Å². The molecule has 0 aliphatic carbocycles. The fraction of sp³-hybridized carbons (Fsp3) is 0.357. The molecule has 2 rings (SSSR count). The Kier molecular flexibility index (Phi) is 5.30. The zero-order chi connectivity index (χ0) is 17.7.